The second kappa shape index (κ2) is 8.29. The number of nitrogens with zero attached hydrogens (tertiary/aromatic N) is 4. The fraction of sp³-hybridized carbons (Fsp3) is 0.364. The molecule has 1 unspecified atom stereocenters. The molecule has 1 fully saturated rings. The first-order chi connectivity index (χ1) is 13.6. The highest BCUT2D eigenvalue weighted by molar-refractivity contribution is 7.13. The van der Waals surface area contributed by atoms with Crippen LogP contribution in [0, 0.1) is 0 Å². The van der Waals surface area contributed by atoms with E-state index in [2.05, 4.69) is 31.1 Å². The Balaban J connectivity index is 1.64. The number of hydrogen-bond acceptors (Lipinski definition) is 4. The number of thiophene rings is 1. The van der Waals surface area contributed by atoms with Crippen molar-refractivity contribution in [3.63, 3.8) is 0 Å². The number of hydrogen-bond donors (Lipinski definition) is 0. The van der Waals surface area contributed by atoms with E-state index in [0.29, 0.717) is 18.2 Å². The largest absolute Gasteiger partial charge is 0.337 e. The number of rotatable bonds is 5. The van der Waals surface area contributed by atoms with Gasteiger partial charge in [-0.05, 0) is 43.9 Å². The first-order valence-corrected chi connectivity index (χ1v) is 10.6. The van der Waals surface area contributed by atoms with Gasteiger partial charge < -0.3 is 9.80 Å². The van der Waals surface area contributed by atoms with E-state index in [1.54, 1.807) is 11.3 Å². The highest BCUT2D eigenvalue weighted by atomic mass is 32.1. The van der Waals surface area contributed by atoms with Gasteiger partial charge in [-0.3, -0.25) is 9.48 Å². The van der Waals surface area contributed by atoms with Crippen molar-refractivity contribution in [2.75, 3.05) is 27.2 Å². The van der Waals surface area contributed by atoms with E-state index in [9.17, 15) is 4.79 Å². The Kier molecular flexibility index (Phi) is 5.59. The third-order valence-electron chi connectivity index (χ3n) is 5.35. The summed E-state index contributed by atoms with van der Waals surface area (Å²) in [7, 11) is 4.18. The average Bonchev–Trinajstić information content (AvgIpc) is 3.38. The first kappa shape index (κ1) is 18.9. The number of piperidine rings is 1. The molecule has 0 spiro atoms. The van der Waals surface area contributed by atoms with Crippen molar-refractivity contribution in [1.29, 1.82) is 0 Å². The number of carbonyl (C=O) groups is 1. The van der Waals surface area contributed by atoms with Crippen LogP contribution in [-0.2, 0) is 6.54 Å². The van der Waals surface area contributed by atoms with E-state index in [1.165, 1.54) is 5.56 Å². The molecule has 3 aromatic rings. The maximum atomic E-state index is 13.4. The van der Waals surface area contributed by atoms with Crippen LogP contribution in [0.5, 0.6) is 0 Å². The van der Waals surface area contributed by atoms with Crippen LogP contribution >= 0.6 is 11.3 Å². The van der Waals surface area contributed by atoms with Gasteiger partial charge in [-0.25, -0.2) is 0 Å². The minimum absolute atomic E-state index is 0.0919. The molecule has 146 valence electrons. The molecule has 0 bridgehead atoms. The predicted molar refractivity (Wildman–Crippen MR) is 114 cm³/mol. The molecule has 5 nitrogen and oxygen atoms in total. The standard InChI is InChI=1S/C22H26N4OS/c1-24(2)18-10-6-12-25(15-18)22(27)19-16-26(14-17-8-4-3-5-9-17)23-21(19)20-11-7-13-28-20/h3-5,7-9,11,13,16,18H,6,10,12,14-15H2,1-2H3. The normalized spacial score (nSPS) is 17.2. The molecule has 3 heterocycles. The van der Waals surface area contributed by atoms with Gasteiger partial charge in [0.2, 0.25) is 0 Å². The summed E-state index contributed by atoms with van der Waals surface area (Å²) >= 11 is 1.62. The maximum Gasteiger partial charge on any atom is 0.257 e. The Morgan fingerprint density at radius 3 is 2.75 bits per heavy atom. The fourth-order valence-corrected chi connectivity index (χ4v) is 4.48. The van der Waals surface area contributed by atoms with Gasteiger partial charge in [0.1, 0.15) is 5.69 Å². The van der Waals surface area contributed by atoms with Gasteiger partial charge >= 0.3 is 0 Å². The highest BCUT2D eigenvalue weighted by Gasteiger charge is 2.28. The average molecular weight is 395 g/mol. The molecule has 1 aliphatic heterocycles. The van der Waals surface area contributed by atoms with Crippen LogP contribution in [0.15, 0.2) is 54.0 Å². The number of likely N-dealkylation sites (tertiary alicyclic amines) is 1. The quantitative estimate of drug-likeness (QED) is 0.660. The smallest absolute Gasteiger partial charge is 0.257 e. The Morgan fingerprint density at radius 1 is 1.21 bits per heavy atom. The summed E-state index contributed by atoms with van der Waals surface area (Å²) in [6, 6.07) is 14.7. The molecule has 0 radical (unpaired) electrons. The topological polar surface area (TPSA) is 41.4 Å². The van der Waals surface area contributed by atoms with Gasteiger partial charge in [-0.15, -0.1) is 11.3 Å². The summed E-state index contributed by atoms with van der Waals surface area (Å²) in [6.07, 6.45) is 4.10. The molecule has 28 heavy (non-hydrogen) atoms. The zero-order chi connectivity index (χ0) is 19.5. The Labute approximate surface area is 170 Å². The first-order valence-electron chi connectivity index (χ1n) is 9.73. The number of aromatic nitrogens is 2. The molecule has 6 heteroatoms. The number of carbonyl (C=O) groups excluding carboxylic acids is 1. The number of likely N-dealkylation sites (N-methyl/N-ethyl adjacent to an activating group) is 1. The zero-order valence-electron chi connectivity index (χ0n) is 16.4. The molecule has 1 aromatic carbocycles. The van der Waals surface area contributed by atoms with Gasteiger partial charge in [0.05, 0.1) is 17.0 Å². The predicted octanol–water partition coefficient (Wildman–Crippen LogP) is 3.83. The second-order valence-corrected chi connectivity index (χ2v) is 8.51. The lowest BCUT2D eigenvalue weighted by atomic mass is 10.0. The summed E-state index contributed by atoms with van der Waals surface area (Å²) in [6.45, 7) is 2.25. The van der Waals surface area contributed by atoms with Crippen molar-refractivity contribution >= 4 is 17.2 Å². The number of benzene rings is 1. The molecule has 0 saturated carbocycles. The highest BCUT2D eigenvalue weighted by Crippen LogP contribution is 2.29. The molecule has 1 aliphatic rings. The van der Waals surface area contributed by atoms with E-state index in [0.717, 1.165) is 36.5 Å². The number of amides is 1. The molecule has 0 aliphatic carbocycles. The molecular weight excluding hydrogens is 368 g/mol. The van der Waals surface area contributed by atoms with Gasteiger partial charge in [0.25, 0.3) is 5.91 Å². The van der Waals surface area contributed by atoms with Gasteiger partial charge in [0.15, 0.2) is 0 Å². The zero-order valence-corrected chi connectivity index (χ0v) is 17.2. The summed E-state index contributed by atoms with van der Waals surface area (Å²) < 4.78 is 1.89. The van der Waals surface area contributed by atoms with Crippen molar-refractivity contribution < 1.29 is 4.79 Å². The second-order valence-electron chi connectivity index (χ2n) is 7.56. The summed E-state index contributed by atoms with van der Waals surface area (Å²) in [5.74, 6) is 0.0919. The van der Waals surface area contributed by atoms with Crippen LogP contribution in [0.2, 0.25) is 0 Å². The van der Waals surface area contributed by atoms with Crippen molar-refractivity contribution in [2.45, 2.75) is 25.4 Å². The van der Waals surface area contributed by atoms with Crippen LogP contribution in [0.3, 0.4) is 0 Å². The van der Waals surface area contributed by atoms with E-state index in [-0.39, 0.29) is 5.91 Å². The summed E-state index contributed by atoms with van der Waals surface area (Å²) in [5, 5.41) is 6.82. The molecule has 1 saturated heterocycles. The lowest BCUT2D eigenvalue weighted by molar-refractivity contribution is 0.0636. The van der Waals surface area contributed by atoms with E-state index in [4.69, 9.17) is 5.10 Å². The third-order valence-corrected chi connectivity index (χ3v) is 6.22. The molecular formula is C22H26N4OS. The molecule has 1 atom stereocenters. The van der Waals surface area contributed by atoms with Gasteiger partial charge in [-0.2, -0.15) is 5.10 Å². The van der Waals surface area contributed by atoms with E-state index in [1.807, 2.05) is 51.5 Å². The summed E-state index contributed by atoms with van der Waals surface area (Å²) in [5.41, 5.74) is 2.67. The van der Waals surface area contributed by atoms with Crippen molar-refractivity contribution in [3.05, 3.63) is 65.2 Å². The third kappa shape index (κ3) is 4.03. The lowest BCUT2D eigenvalue weighted by Gasteiger charge is -2.36. The SMILES string of the molecule is CN(C)C1CCCN(C(=O)c2cn(Cc3ccccc3)nc2-c2cccs2)C1. The lowest BCUT2D eigenvalue weighted by Crippen LogP contribution is -2.47. The minimum Gasteiger partial charge on any atom is -0.337 e. The Bertz CT molecular complexity index is 917. The van der Waals surface area contributed by atoms with Crippen LogP contribution in [0.1, 0.15) is 28.8 Å². The van der Waals surface area contributed by atoms with Crippen LogP contribution in [0.25, 0.3) is 10.6 Å². The Hall–Kier alpha value is -2.44. The minimum atomic E-state index is 0.0919. The maximum absolute atomic E-state index is 13.4. The molecule has 2 aromatic heterocycles. The molecule has 1 amide bonds. The monoisotopic (exact) mass is 394 g/mol. The van der Waals surface area contributed by atoms with Crippen LogP contribution < -0.4 is 0 Å². The van der Waals surface area contributed by atoms with Crippen LogP contribution in [-0.4, -0.2) is 58.7 Å². The van der Waals surface area contributed by atoms with E-state index < -0.39 is 0 Å². The molecule has 0 N–H and O–H groups in total. The summed E-state index contributed by atoms with van der Waals surface area (Å²) in [4.78, 5) is 18.7. The van der Waals surface area contributed by atoms with Crippen LogP contribution in [0.4, 0.5) is 0 Å². The Morgan fingerprint density at radius 2 is 2.04 bits per heavy atom. The van der Waals surface area contributed by atoms with Crippen molar-refractivity contribution in [2.24, 2.45) is 0 Å². The van der Waals surface area contributed by atoms with Gasteiger partial charge in [-0.1, -0.05) is 36.4 Å². The molecule has 4 rings (SSSR count). The van der Waals surface area contributed by atoms with Gasteiger partial charge in [0, 0.05) is 25.3 Å². The van der Waals surface area contributed by atoms with Crippen molar-refractivity contribution in [1.82, 2.24) is 19.6 Å². The van der Waals surface area contributed by atoms with E-state index >= 15 is 0 Å². The van der Waals surface area contributed by atoms with Crippen molar-refractivity contribution in [3.8, 4) is 10.6 Å². The fourth-order valence-electron chi connectivity index (χ4n) is 3.76.